The van der Waals surface area contributed by atoms with E-state index in [0.29, 0.717) is 12.0 Å². The Labute approximate surface area is 236 Å². The lowest BCUT2D eigenvalue weighted by atomic mass is 9.89. The first-order valence-electron chi connectivity index (χ1n) is 12.5. The summed E-state index contributed by atoms with van der Waals surface area (Å²) in [5.74, 6) is -1.03. The first-order valence-corrected chi connectivity index (χ1v) is 14.2. The number of phenols is 1. The van der Waals surface area contributed by atoms with Crippen LogP contribution in [0.15, 0.2) is 29.6 Å². The number of thiophene rings is 2. The molecule has 0 unspecified atom stereocenters. The number of hydrogen-bond acceptors (Lipinski definition) is 13. The van der Waals surface area contributed by atoms with Crippen molar-refractivity contribution in [3.63, 3.8) is 0 Å². The van der Waals surface area contributed by atoms with Crippen LogP contribution in [0.25, 0.3) is 9.40 Å². The number of aliphatic hydroxyl groups excluding tert-OH is 8. The van der Waals surface area contributed by atoms with Gasteiger partial charge < -0.3 is 55.4 Å². The summed E-state index contributed by atoms with van der Waals surface area (Å²) in [5.41, 5.74) is 0.394. The third-order valence-electron chi connectivity index (χ3n) is 7.08. The van der Waals surface area contributed by atoms with Crippen LogP contribution in [0.2, 0.25) is 0 Å². The van der Waals surface area contributed by atoms with Crippen molar-refractivity contribution in [3.05, 3.63) is 51.5 Å². The van der Waals surface area contributed by atoms with Gasteiger partial charge in [-0.3, -0.25) is 0 Å². The first kappa shape index (κ1) is 31.2. The predicted molar refractivity (Wildman–Crippen MR) is 143 cm³/mol. The lowest BCUT2D eigenvalue weighted by Crippen LogP contribution is -2.57. The highest BCUT2D eigenvalue weighted by Gasteiger charge is 2.45. The fourth-order valence-electron chi connectivity index (χ4n) is 4.73. The molecule has 2 aromatic heterocycles. The average molecular weight is 605 g/mol. The van der Waals surface area contributed by atoms with E-state index in [1.165, 1.54) is 6.07 Å². The van der Waals surface area contributed by atoms with Crippen molar-refractivity contribution >= 4 is 32.1 Å². The molecule has 40 heavy (non-hydrogen) atoms. The van der Waals surface area contributed by atoms with E-state index >= 15 is 0 Å². The van der Waals surface area contributed by atoms with Crippen molar-refractivity contribution in [3.8, 4) is 5.75 Å². The molecule has 0 amide bonds. The Morgan fingerprint density at radius 3 is 2.05 bits per heavy atom. The monoisotopic (exact) mass is 604 g/mol. The summed E-state index contributed by atoms with van der Waals surface area (Å²) in [7, 11) is 0. The third-order valence-corrected chi connectivity index (χ3v) is 9.17. The molecule has 4 heterocycles. The molecule has 14 heteroatoms. The highest BCUT2D eigenvalue weighted by atomic mass is 32.1. The summed E-state index contributed by atoms with van der Waals surface area (Å²) in [6, 6.07) is 6.33. The second kappa shape index (κ2) is 13.0. The molecule has 10 atom stereocenters. The molecule has 0 saturated carbocycles. The minimum atomic E-state index is -1.58. The van der Waals surface area contributed by atoms with E-state index in [9.17, 15) is 45.2 Å². The minimum absolute atomic E-state index is 0.0895. The van der Waals surface area contributed by atoms with Gasteiger partial charge in [-0.2, -0.15) is 0 Å². The molecule has 0 spiro atoms. The van der Waals surface area contributed by atoms with Gasteiger partial charge in [0.1, 0.15) is 66.5 Å². The smallest absolute Gasteiger partial charge is 0.130 e. The summed E-state index contributed by atoms with van der Waals surface area (Å²) in [4.78, 5) is 0.950. The van der Waals surface area contributed by atoms with Crippen LogP contribution in [0.1, 0.15) is 29.0 Å². The number of rotatable bonds is 5. The number of phenolic OH excluding ortho intramolecular Hbond substituents is 1. The highest BCUT2D eigenvalue weighted by Crippen LogP contribution is 2.39. The number of benzene rings is 1. The molecule has 2 aliphatic rings. The molecular formula is C26H33FO11S2. The van der Waals surface area contributed by atoms with Gasteiger partial charge in [-0.15, -0.1) is 22.7 Å². The van der Waals surface area contributed by atoms with Crippen molar-refractivity contribution in [1.82, 2.24) is 0 Å². The summed E-state index contributed by atoms with van der Waals surface area (Å²) >= 11 is 3.16. The molecule has 2 fully saturated rings. The lowest BCUT2D eigenvalue weighted by Gasteiger charge is -2.40. The van der Waals surface area contributed by atoms with Gasteiger partial charge in [0, 0.05) is 32.3 Å². The quantitative estimate of drug-likeness (QED) is 0.186. The molecule has 5 rings (SSSR count). The Morgan fingerprint density at radius 1 is 0.800 bits per heavy atom. The standard InChI is InChI=1S/C19H19FO6S2.C7H14O5/c20-11-6-12(22)10(19-18(25)17(24)16(23)13(7-21)26-19)4-8(11)3-9-5-15-14(28-9)1-2-27-15;1-3-5(9)7(11)6(10)4(2-8)12-3/h1-2,4-6,13,16-19,21-25H,3,7H2;3-11H,2H2,1H3/t13-,16-,17+,18-,19+;3-,4+,5-,6+,7+/m10/s1. The van der Waals surface area contributed by atoms with Crippen LogP contribution in [0.3, 0.4) is 0 Å². The van der Waals surface area contributed by atoms with Crippen LogP contribution in [0, 0.1) is 5.82 Å². The second-order valence-corrected chi connectivity index (χ2v) is 11.9. The van der Waals surface area contributed by atoms with Crippen molar-refractivity contribution in [2.24, 2.45) is 0 Å². The zero-order valence-corrected chi connectivity index (χ0v) is 23.0. The fourth-order valence-corrected chi connectivity index (χ4v) is 6.88. The number of ether oxygens (including phenoxy) is 2. The Kier molecular flexibility index (Phi) is 10.1. The van der Waals surface area contributed by atoms with E-state index in [0.717, 1.165) is 20.3 Å². The normalized spacial score (nSPS) is 34.5. The summed E-state index contributed by atoms with van der Waals surface area (Å²) in [6.45, 7) is 0.625. The lowest BCUT2D eigenvalue weighted by molar-refractivity contribution is -0.232. The van der Waals surface area contributed by atoms with Crippen LogP contribution < -0.4 is 0 Å². The van der Waals surface area contributed by atoms with E-state index in [1.54, 1.807) is 29.6 Å². The van der Waals surface area contributed by atoms with Gasteiger partial charge in [-0.1, -0.05) is 0 Å². The van der Waals surface area contributed by atoms with Gasteiger partial charge >= 0.3 is 0 Å². The Bertz CT molecular complexity index is 1230. The molecular weight excluding hydrogens is 571 g/mol. The van der Waals surface area contributed by atoms with E-state index in [-0.39, 0.29) is 12.2 Å². The highest BCUT2D eigenvalue weighted by molar-refractivity contribution is 7.26. The molecule has 2 aliphatic heterocycles. The predicted octanol–water partition coefficient (Wildman–Crippen LogP) is -0.238. The molecule has 11 nitrogen and oxygen atoms in total. The number of fused-ring (bicyclic) bond motifs is 1. The van der Waals surface area contributed by atoms with Crippen LogP contribution in [-0.4, -0.2) is 114 Å². The minimum Gasteiger partial charge on any atom is -0.507 e. The molecule has 3 aromatic rings. The SMILES string of the molecule is C[C@@H]1O[C@H](CO)[C@@H](O)[C@H](O)[C@H]1O.OC[C@H]1O[C@@H](c2cc(Cc3cc4sccc4s3)c(F)cc2O)[C@H](O)[C@@H](O)[C@@H]1O. The van der Waals surface area contributed by atoms with Crippen molar-refractivity contribution in [2.75, 3.05) is 13.2 Å². The third kappa shape index (κ3) is 6.33. The Morgan fingerprint density at radius 2 is 1.43 bits per heavy atom. The van der Waals surface area contributed by atoms with Crippen molar-refractivity contribution in [1.29, 1.82) is 0 Å². The number of aromatic hydroxyl groups is 1. The van der Waals surface area contributed by atoms with E-state index in [1.807, 2.05) is 17.5 Å². The van der Waals surface area contributed by atoms with Gasteiger partial charge in [0.2, 0.25) is 0 Å². The maximum absolute atomic E-state index is 14.5. The molecule has 0 aliphatic carbocycles. The maximum Gasteiger partial charge on any atom is 0.130 e. The van der Waals surface area contributed by atoms with Crippen LogP contribution in [-0.2, 0) is 15.9 Å². The maximum atomic E-state index is 14.5. The zero-order chi connectivity index (χ0) is 29.3. The van der Waals surface area contributed by atoms with Crippen LogP contribution >= 0.6 is 22.7 Å². The Hall–Kier alpha value is -1.79. The van der Waals surface area contributed by atoms with E-state index < -0.39 is 79.2 Å². The topological polar surface area (TPSA) is 201 Å². The van der Waals surface area contributed by atoms with Crippen LogP contribution in [0.4, 0.5) is 4.39 Å². The number of halogens is 1. The van der Waals surface area contributed by atoms with Gasteiger partial charge in [0.25, 0.3) is 0 Å². The second-order valence-electron chi connectivity index (χ2n) is 9.82. The summed E-state index contributed by atoms with van der Waals surface area (Å²) < 4.78 is 27.2. The zero-order valence-electron chi connectivity index (χ0n) is 21.3. The van der Waals surface area contributed by atoms with Gasteiger partial charge in [0.05, 0.1) is 19.3 Å². The van der Waals surface area contributed by atoms with Crippen molar-refractivity contribution in [2.45, 2.75) is 74.4 Å². The van der Waals surface area contributed by atoms with Gasteiger partial charge in [0.15, 0.2) is 0 Å². The molecule has 222 valence electrons. The Balaban J connectivity index is 0.000000259. The van der Waals surface area contributed by atoms with Gasteiger partial charge in [-0.05, 0) is 36.1 Å². The van der Waals surface area contributed by atoms with E-state index in [2.05, 4.69) is 0 Å². The molecule has 9 N–H and O–H groups in total. The largest absolute Gasteiger partial charge is 0.507 e. The average Bonchev–Trinajstić information content (AvgIpc) is 3.53. The molecule has 0 radical (unpaired) electrons. The molecule has 0 bridgehead atoms. The van der Waals surface area contributed by atoms with Gasteiger partial charge in [-0.25, -0.2) is 4.39 Å². The van der Waals surface area contributed by atoms with Crippen molar-refractivity contribution < 1.29 is 59.8 Å². The summed E-state index contributed by atoms with van der Waals surface area (Å²) in [6.07, 6.45) is -11.6. The summed E-state index contributed by atoms with van der Waals surface area (Å²) in [5, 5.41) is 88.1. The molecule has 2 saturated heterocycles. The fraction of sp³-hybridized carbons (Fsp3) is 0.538. The van der Waals surface area contributed by atoms with E-state index in [4.69, 9.17) is 14.6 Å². The first-order chi connectivity index (χ1) is 19.0. The number of aliphatic hydroxyl groups is 8. The number of hydrogen-bond donors (Lipinski definition) is 9. The molecule has 1 aromatic carbocycles. The van der Waals surface area contributed by atoms with Crippen LogP contribution in [0.5, 0.6) is 5.75 Å².